The lowest BCUT2D eigenvalue weighted by atomic mass is 10.1. The maximum atomic E-state index is 11.4. The maximum Gasteiger partial charge on any atom is 0.338 e. The zero-order valence-electron chi connectivity index (χ0n) is 16.6. The molecule has 0 radical (unpaired) electrons. The van der Waals surface area contributed by atoms with Gasteiger partial charge in [-0.15, -0.1) is 0 Å². The molecule has 26 heavy (non-hydrogen) atoms. The molecule has 0 heterocycles. The predicted molar refractivity (Wildman–Crippen MR) is 106 cm³/mol. The summed E-state index contributed by atoms with van der Waals surface area (Å²) in [6.07, 6.45) is 19.7. The summed E-state index contributed by atoms with van der Waals surface area (Å²) in [6.45, 7) is 3.30. The van der Waals surface area contributed by atoms with Crippen molar-refractivity contribution in [1.29, 1.82) is 0 Å². The standard InChI is InChI=1S/C20H38O5S/c1-3-4-5-6-7-8-9-10-11-12-13-14-15-16-17-18-20(22)25-26(23,24)19(2)21/h10-11,19,21H,3-9,12-18H2,1-2H3/b11-10-. The summed E-state index contributed by atoms with van der Waals surface area (Å²) < 4.78 is 26.7. The van der Waals surface area contributed by atoms with Gasteiger partial charge in [0.25, 0.3) is 0 Å². The molecule has 0 fully saturated rings. The van der Waals surface area contributed by atoms with E-state index in [0.29, 0.717) is 6.42 Å². The Morgan fingerprint density at radius 3 is 1.85 bits per heavy atom. The Bertz CT molecular complexity index is 469. The first-order valence-electron chi connectivity index (χ1n) is 10.2. The molecule has 0 rings (SSSR count). The monoisotopic (exact) mass is 390 g/mol. The van der Waals surface area contributed by atoms with Crippen molar-refractivity contribution in [3.05, 3.63) is 12.2 Å². The van der Waals surface area contributed by atoms with E-state index in [1.54, 1.807) is 0 Å². The topological polar surface area (TPSA) is 80.7 Å². The number of hydrogen-bond donors (Lipinski definition) is 1. The van der Waals surface area contributed by atoms with Crippen LogP contribution in [-0.4, -0.2) is 24.9 Å². The molecule has 0 saturated carbocycles. The highest BCUT2D eigenvalue weighted by Crippen LogP contribution is 2.11. The van der Waals surface area contributed by atoms with Crippen LogP contribution in [-0.2, 0) is 19.1 Å². The second-order valence-electron chi connectivity index (χ2n) is 6.88. The number of unbranched alkanes of at least 4 members (excludes halogenated alkanes) is 11. The van der Waals surface area contributed by atoms with E-state index in [0.717, 1.165) is 39.0 Å². The molecule has 6 heteroatoms. The molecule has 0 aliphatic carbocycles. The van der Waals surface area contributed by atoms with E-state index < -0.39 is 21.5 Å². The van der Waals surface area contributed by atoms with Crippen LogP contribution in [0.25, 0.3) is 0 Å². The van der Waals surface area contributed by atoms with Crippen molar-refractivity contribution in [3.63, 3.8) is 0 Å². The molecule has 0 saturated heterocycles. The Balaban J connectivity index is 3.41. The summed E-state index contributed by atoms with van der Waals surface area (Å²) in [5, 5.41) is 8.96. The average molecular weight is 391 g/mol. The number of aliphatic hydroxyl groups is 1. The van der Waals surface area contributed by atoms with Crippen LogP contribution < -0.4 is 0 Å². The molecule has 0 aliphatic rings. The molecular weight excluding hydrogens is 352 g/mol. The molecule has 1 unspecified atom stereocenters. The number of allylic oxidation sites excluding steroid dienone is 2. The molecule has 0 aromatic rings. The Labute approximate surface area is 160 Å². The van der Waals surface area contributed by atoms with E-state index in [1.807, 2.05) is 0 Å². The minimum atomic E-state index is -4.17. The van der Waals surface area contributed by atoms with Crippen LogP contribution in [0.5, 0.6) is 0 Å². The quantitative estimate of drug-likeness (QED) is 0.209. The summed E-state index contributed by atoms with van der Waals surface area (Å²) in [7, 11) is -4.17. The minimum absolute atomic E-state index is 0.0735. The summed E-state index contributed by atoms with van der Waals surface area (Å²) in [6, 6.07) is 0. The normalized spacial score (nSPS) is 13.2. The number of rotatable bonds is 17. The highest BCUT2D eigenvalue weighted by molar-refractivity contribution is 7.87. The molecule has 0 aromatic heterocycles. The molecule has 0 spiro atoms. The Kier molecular flexibility index (Phi) is 15.8. The van der Waals surface area contributed by atoms with Crippen LogP contribution in [0.15, 0.2) is 12.2 Å². The largest absolute Gasteiger partial charge is 0.374 e. The number of hydrogen-bond acceptors (Lipinski definition) is 5. The third-order valence-corrected chi connectivity index (χ3v) is 5.52. The zero-order chi connectivity index (χ0) is 19.7. The molecule has 0 aliphatic heterocycles. The summed E-state index contributed by atoms with van der Waals surface area (Å²) >= 11 is 0. The second kappa shape index (κ2) is 16.3. The fraction of sp³-hybridized carbons (Fsp3) is 0.850. The van der Waals surface area contributed by atoms with Crippen LogP contribution in [0.4, 0.5) is 0 Å². The van der Waals surface area contributed by atoms with Gasteiger partial charge in [-0.25, -0.2) is 0 Å². The molecule has 0 bridgehead atoms. The van der Waals surface area contributed by atoms with Crippen LogP contribution >= 0.6 is 0 Å². The molecule has 0 amide bonds. The van der Waals surface area contributed by atoms with Crippen molar-refractivity contribution in [1.82, 2.24) is 0 Å². The van der Waals surface area contributed by atoms with Gasteiger partial charge < -0.3 is 9.29 Å². The zero-order valence-corrected chi connectivity index (χ0v) is 17.4. The van der Waals surface area contributed by atoms with Gasteiger partial charge in [-0.2, -0.15) is 8.42 Å². The fourth-order valence-electron chi connectivity index (χ4n) is 2.58. The maximum absolute atomic E-state index is 11.4. The summed E-state index contributed by atoms with van der Waals surface area (Å²) in [5.74, 6) is -0.788. The fourth-order valence-corrected chi connectivity index (χ4v) is 3.06. The van der Waals surface area contributed by atoms with Gasteiger partial charge in [0.05, 0.1) is 0 Å². The first-order chi connectivity index (χ1) is 12.4. The van der Waals surface area contributed by atoms with Gasteiger partial charge in [-0.05, 0) is 39.0 Å². The third-order valence-electron chi connectivity index (χ3n) is 4.27. The van der Waals surface area contributed by atoms with E-state index in [9.17, 15) is 13.2 Å². The lowest BCUT2D eigenvalue weighted by Crippen LogP contribution is -2.23. The highest BCUT2D eigenvalue weighted by atomic mass is 32.2. The third kappa shape index (κ3) is 15.4. The Hall–Kier alpha value is -0.880. The summed E-state index contributed by atoms with van der Waals surface area (Å²) in [5.41, 5.74) is -1.68. The van der Waals surface area contributed by atoms with Gasteiger partial charge in [0.2, 0.25) is 0 Å². The van der Waals surface area contributed by atoms with Gasteiger partial charge in [0.15, 0.2) is 5.44 Å². The first-order valence-corrected chi connectivity index (χ1v) is 11.7. The highest BCUT2D eigenvalue weighted by Gasteiger charge is 2.22. The molecule has 0 aromatic carbocycles. The predicted octanol–water partition coefficient (Wildman–Crippen LogP) is 5.24. The van der Waals surface area contributed by atoms with Crippen molar-refractivity contribution in [2.24, 2.45) is 0 Å². The van der Waals surface area contributed by atoms with Crippen molar-refractivity contribution in [2.45, 2.75) is 109 Å². The first kappa shape index (κ1) is 25.1. The number of carbonyl (C=O) groups excluding carboxylic acids is 1. The Morgan fingerprint density at radius 1 is 0.885 bits per heavy atom. The van der Waals surface area contributed by atoms with Crippen molar-refractivity contribution in [3.8, 4) is 0 Å². The smallest absolute Gasteiger partial charge is 0.338 e. The van der Waals surface area contributed by atoms with Gasteiger partial charge >= 0.3 is 16.1 Å². The number of carbonyl (C=O) groups is 1. The van der Waals surface area contributed by atoms with E-state index in [4.69, 9.17) is 5.11 Å². The molecule has 154 valence electrons. The van der Waals surface area contributed by atoms with E-state index in [1.165, 1.54) is 44.9 Å². The van der Waals surface area contributed by atoms with Crippen molar-refractivity contribution in [2.75, 3.05) is 0 Å². The van der Waals surface area contributed by atoms with Crippen LogP contribution in [0, 0.1) is 0 Å². The van der Waals surface area contributed by atoms with Crippen LogP contribution in [0.2, 0.25) is 0 Å². The van der Waals surface area contributed by atoms with E-state index in [-0.39, 0.29) is 6.42 Å². The van der Waals surface area contributed by atoms with Crippen LogP contribution in [0.3, 0.4) is 0 Å². The SMILES string of the molecule is CCCCCCCC/C=C\CCCCCCCC(=O)OS(=O)(=O)C(C)O. The molecular formula is C20H38O5S. The lowest BCUT2D eigenvalue weighted by Gasteiger charge is -2.07. The van der Waals surface area contributed by atoms with E-state index >= 15 is 0 Å². The summed E-state index contributed by atoms with van der Waals surface area (Å²) in [4.78, 5) is 11.4. The molecule has 5 nitrogen and oxygen atoms in total. The van der Waals surface area contributed by atoms with Crippen LogP contribution in [0.1, 0.15) is 104 Å². The Morgan fingerprint density at radius 2 is 1.35 bits per heavy atom. The molecule has 1 atom stereocenters. The van der Waals surface area contributed by atoms with Gasteiger partial charge in [0.1, 0.15) is 0 Å². The van der Waals surface area contributed by atoms with Gasteiger partial charge in [0, 0.05) is 6.42 Å². The minimum Gasteiger partial charge on any atom is -0.374 e. The van der Waals surface area contributed by atoms with Gasteiger partial charge in [-0.1, -0.05) is 70.4 Å². The van der Waals surface area contributed by atoms with E-state index in [2.05, 4.69) is 23.3 Å². The second-order valence-corrected chi connectivity index (χ2v) is 8.72. The number of aliphatic hydroxyl groups excluding tert-OH is 1. The van der Waals surface area contributed by atoms with Crippen molar-refractivity contribution < 1.29 is 22.5 Å². The average Bonchev–Trinajstić information content (AvgIpc) is 2.57. The molecule has 1 N–H and O–H groups in total. The van der Waals surface area contributed by atoms with Gasteiger partial charge in [-0.3, -0.25) is 4.79 Å². The lowest BCUT2D eigenvalue weighted by molar-refractivity contribution is -0.134. The van der Waals surface area contributed by atoms with Crippen molar-refractivity contribution >= 4 is 16.1 Å².